The van der Waals surface area contributed by atoms with Gasteiger partial charge in [0.15, 0.2) is 5.78 Å². The van der Waals surface area contributed by atoms with Gasteiger partial charge in [-0.1, -0.05) is 45.7 Å². The lowest BCUT2D eigenvalue weighted by Crippen LogP contribution is -2.06. The van der Waals surface area contributed by atoms with Gasteiger partial charge in [0.25, 0.3) is 0 Å². The molecule has 0 heterocycles. The zero-order chi connectivity index (χ0) is 13.1. The van der Waals surface area contributed by atoms with Gasteiger partial charge in [-0.25, -0.2) is 4.39 Å². The smallest absolute Gasteiger partial charge is 0.170 e. The first-order valence-corrected chi connectivity index (χ1v) is 6.46. The van der Waals surface area contributed by atoms with Gasteiger partial charge in [0.05, 0.1) is 5.56 Å². The SMILES string of the molecule is O=C(Cc1ccccc1Cl)c1cc(Br)ccc1F. The van der Waals surface area contributed by atoms with E-state index in [0.717, 1.165) is 0 Å². The van der Waals surface area contributed by atoms with Gasteiger partial charge >= 0.3 is 0 Å². The third kappa shape index (κ3) is 2.98. The van der Waals surface area contributed by atoms with Crippen LogP contribution in [0.3, 0.4) is 0 Å². The molecule has 1 nitrogen and oxygen atoms in total. The van der Waals surface area contributed by atoms with Crippen LogP contribution in [0, 0.1) is 5.82 Å². The summed E-state index contributed by atoms with van der Waals surface area (Å²) >= 11 is 9.19. The highest BCUT2D eigenvalue weighted by molar-refractivity contribution is 9.10. The molecule has 0 bridgehead atoms. The summed E-state index contributed by atoms with van der Waals surface area (Å²) in [7, 11) is 0. The van der Waals surface area contributed by atoms with Crippen LogP contribution in [-0.4, -0.2) is 5.78 Å². The fourth-order valence-electron chi connectivity index (χ4n) is 1.62. The van der Waals surface area contributed by atoms with Gasteiger partial charge in [0, 0.05) is 15.9 Å². The Morgan fingerprint density at radius 1 is 1.22 bits per heavy atom. The van der Waals surface area contributed by atoms with E-state index in [1.165, 1.54) is 12.1 Å². The molecule has 2 rings (SSSR count). The van der Waals surface area contributed by atoms with E-state index < -0.39 is 5.82 Å². The molecule has 0 aromatic heterocycles. The largest absolute Gasteiger partial charge is 0.294 e. The lowest BCUT2D eigenvalue weighted by molar-refractivity contribution is 0.0989. The van der Waals surface area contributed by atoms with Crippen LogP contribution in [0.5, 0.6) is 0 Å². The first-order valence-electron chi connectivity index (χ1n) is 5.29. The van der Waals surface area contributed by atoms with Gasteiger partial charge < -0.3 is 0 Å². The number of benzene rings is 2. The second-order valence-electron chi connectivity index (χ2n) is 3.82. The van der Waals surface area contributed by atoms with Crippen molar-refractivity contribution in [2.24, 2.45) is 0 Å². The molecule has 0 amide bonds. The van der Waals surface area contributed by atoms with Crippen molar-refractivity contribution >= 4 is 33.3 Å². The molecule has 0 N–H and O–H groups in total. The van der Waals surface area contributed by atoms with Crippen molar-refractivity contribution in [1.29, 1.82) is 0 Å². The predicted molar refractivity (Wildman–Crippen MR) is 73.6 cm³/mol. The molecule has 0 spiro atoms. The second kappa shape index (κ2) is 5.63. The molecule has 0 unspecified atom stereocenters. The van der Waals surface area contributed by atoms with Crippen LogP contribution in [0.15, 0.2) is 46.9 Å². The van der Waals surface area contributed by atoms with E-state index in [9.17, 15) is 9.18 Å². The number of carbonyl (C=O) groups excluding carboxylic acids is 1. The molecular formula is C14H9BrClFO. The van der Waals surface area contributed by atoms with Crippen molar-refractivity contribution in [1.82, 2.24) is 0 Å². The summed E-state index contributed by atoms with van der Waals surface area (Å²) in [6, 6.07) is 11.4. The van der Waals surface area contributed by atoms with E-state index in [2.05, 4.69) is 15.9 Å². The lowest BCUT2D eigenvalue weighted by Gasteiger charge is -2.05. The number of hydrogen-bond donors (Lipinski definition) is 0. The molecule has 2 aromatic carbocycles. The predicted octanol–water partition coefficient (Wildman–Crippen LogP) is 4.67. The van der Waals surface area contributed by atoms with Crippen molar-refractivity contribution < 1.29 is 9.18 Å². The van der Waals surface area contributed by atoms with Gasteiger partial charge in [0.1, 0.15) is 5.82 Å². The average molecular weight is 328 g/mol. The van der Waals surface area contributed by atoms with Gasteiger partial charge in [0.2, 0.25) is 0 Å². The van der Waals surface area contributed by atoms with Gasteiger partial charge in [-0.3, -0.25) is 4.79 Å². The van der Waals surface area contributed by atoms with Gasteiger partial charge in [-0.15, -0.1) is 0 Å². The highest BCUT2D eigenvalue weighted by Crippen LogP contribution is 2.20. The second-order valence-corrected chi connectivity index (χ2v) is 5.14. The maximum absolute atomic E-state index is 13.5. The minimum atomic E-state index is -0.518. The maximum Gasteiger partial charge on any atom is 0.170 e. The van der Waals surface area contributed by atoms with Gasteiger partial charge in [-0.05, 0) is 29.8 Å². The highest BCUT2D eigenvalue weighted by atomic mass is 79.9. The Hall–Kier alpha value is -1.19. The number of carbonyl (C=O) groups is 1. The average Bonchev–Trinajstić information content (AvgIpc) is 2.35. The molecule has 18 heavy (non-hydrogen) atoms. The Labute approximate surface area is 118 Å². The fraction of sp³-hybridized carbons (Fsp3) is 0.0714. The Balaban J connectivity index is 2.28. The maximum atomic E-state index is 13.5. The third-order valence-corrected chi connectivity index (χ3v) is 3.40. The van der Waals surface area contributed by atoms with Crippen molar-refractivity contribution in [3.05, 3.63) is 68.9 Å². The number of hydrogen-bond acceptors (Lipinski definition) is 1. The molecule has 0 radical (unpaired) electrons. The minimum Gasteiger partial charge on any atom is -0.294 e. The molecule has 4 heteroatoms. The first kappa shape index (κ1) is 13.2. The number of rotatable bonds is 3. The van der Waals surface area contributed by atoms with Crippen LogP contribution >= 0.6 is 27.5 Å². The van der Waals surface area contributed by atoms with Crippen molar-refractivity contribution in [2.45, 2.75) is 6.42 Å². The Kier molecular flexibility index (Phi) is 4.15. The van der Waals surface area contributed by atoms with E-state index >= 15 is 0 Å². The molecular weight excluding hydrogens is 319 g/mol. The summed E-state index contributed by atoms with van der Waals surface area (Å²) in [4.78, 5) is 12.0. The standard InChI is InChI=1S/C14H9BrClFO/c15-10-5-6-13(17)11(8-10)14(18)7-9-3-1-2-4-12(9)16/h1-6,8H,7H2. The molecule has 92 valence electrons. The van der Waals surface area contributed by atoms with Crippen LogP contribution in [0.1, 0.15) is 15.9 Å². The van der Waals surface area contributed by atoms with Crippen molar-refractivity contribution in [3.63, 3.8) is 0 Å². The normalized spacial score (nSPS) is 10.4. The van der Waals surface area contributed by atoms with Crippen LogP contribution in [-0.2, 0) is 6.42 Å². The molecule has 0 fully saturated rings. The highest BCUT2D eigenvalue weighted by Gasteiger charge is 2.14. The van der Waals surface area contributed by atoms with Gasteiger partial charge in [-0.2, -0.15) is 0 Å². The molecule has 0 saturated heterocycles. The Morgan fingerprint density at radius 3 is 2.67 bits per heavy atom. The fourth-order valence-corrected chi connectivity index (χ4v) is 2.18. The Bertz CT molecular complexity index is 598. The summed E-state index contributed by atoms with van der Waals surface area (Å²) in [5.41, 5.74) is 0.771. The molecule has 2 aromatic rings. The number of ketones is 1. The van der Waals surface area contributed by atoms with Crippen LogP contribution < -0.4 is 0 Å². The zero-order valence-electron chi connectivity index (χ0n) is 9.29. The van der Waals surface area contributed by atoms with Crippen LogP contribution in [0.25, 0.3) is 0 Å². The molecule has 0 saturated carbocycles. The molecule has 0 aliphatic heterocycles. The summed E-state index contributed by atoms with van der Waals surface area (Å²) in [6.45, 7) is 0. The molecule has 0 aliphatic rings. The lowest BCUT2D eigenvalue weighted by atomic mass is 10.0. The van der Waals surface area contributed by atoms with E-state index in [1.807, 2.05) is 0 Å². The number of halogens is 3. The van der Waals surface area contributed by atoms with Crippen molar-refractivity contribution in [3.8, 4) is 0 Å². The van der Waals surface area contributed by atoms with E-state index in [-0.39, 0.29) is 17.8 Å². The third-order valence-electron chi connectivity index (χ3n) is 2.54. The summed E-state index contributed by atoms with van der Waals surface area (Å²) in [5.74, 6) is -0.808. The monoisotopic (exact) mass is 326 g/mol. The summed E-state index contributed by atoms with van der Waals surface area (Å²) in [6.07, 6.45) is 0.0903. The van der Waals surface area contributed by atoms with E-state index in [0.29, 0.717) is 15.1 Å². The minimum absolute atomic E-state index is 0.0734. The van der Waals surface area contributed by atoms with Crippen LogP contribution in [0.2, 0.25) is 5.02 Å². The quantitative estimate of drug-likeness (QED) is 0.749. The summed E-state index contributed by atoms with van der Waals surface area (Å²) in [5, 5.41) is 0.515. The first-order chi connectivity index (χ1) is 8.58. The van der Waals surface area contributed by atoms with Crippen LogP contribution in [0.4, 0.5) is 4.39 Å². The van der Waals surface area contributed by atoms with E-state index in [1.54, 1.807) is 30.3 Å². The topological polar surface area (TPSA) is 17.1 Å². The van der Waals surface area contributed by atoms with E-state index in [4.69, 9.17) is 11.6 Å². The van der Waals surface area contributed by atoms with Crippen molar-refractivity contribution in [2.75, 3.05) is 0 Å². The summed E-state index contributed by atoms with van der Waals surface area (Å²) < 4.78 is 14.2. The Morgan fingerprint density at radius 2 is 1.94 bits per heavy atom. The molecule has 0 aliphatic carbocycles. The zero-order valence-corrected chi connectivity index (χ0v) is 11.6. The molecule has 0 atom stereocenters. The number of Topliss-reactive ketones (excluding diaryl/α,β-unsaturated/α-hetero) is 1.